The maximum Gasteiger partial charge on any atom is 0.308 e. The number of carboxylic acids is 1. The van der Waals surface area contributed by atoms with Crippen LogP contribution in [0.5, 0.6) is 11.5 Å². The molecular weight excluding hydrogens is 390 g/mol. The molecular formula is C22H24ClN3O3. The Balaban J connectivity index is 1.72. The van der Waals surface area contributed by atoms with E-state index in [-0.39, 0.29) is 6.04 Å². The molecule has 2 atom stereocenters. The zero-order valence-electron chi connectivity index (χ0n) is 16.3. The van der Waals surface area contributed by atoms with Gasteiger partial charge in [0.25, 0.3) is 0 Å². The fourth-order valence-corrected chi connectivity index (χ4v) is 4.15. The molecule has 0 bridgehead atoms. The minimum atomic E-state index is -0.755. The predicted molar refractivity (Wildman–Crippen MR) is 114 cm³/mol. The summed E-state index contributed by atoms with van der Waals surface area (Å²) in [5.41, 5.74) is 1.56. The zero-order chi connectivity index (χ0) is 20.4. The van der Waals surface area contributed by atoms with Crippen molar-refractivity contribution in [3.63, 3.8) is 0 Å². The van der Waals surface area contributed by atoms with Gasteiger partial charge < -0.3 is 20.1 Å². The Morgan fingerprint density at radius 2 is 2.17 bits per heavy atom. The monoisotopic (exact) mass is 413 g/mol. The van der Waals surface area contributed by atoms with E-state index >= 15 is 0 Å². The fourth-order valence-electron chi connectivity index (χ4n) is 3.99. The second-order valence-electron chi connectivity index (χ2n) is 7.39. The third-order valence-corrected chi connectivity index (χ3v) is 5.64. The van der Waals surface area contributed by atoms with Crippen LogP contribution < -0.4 is 10.1 Å². The van der Waals surface area contributed by atoms with Crippen LogP contribution in [-0.2, 0) is 4.79 Å². The number of carbonyl (C=O) groups is 1. The smallest absolute Gasteiger partial charge is 0.308 e. The molecule has 0 aliphatic carbocycles. The first-order chi connectivity index (χ1) is 14.1. The van der Waals surface area contributed by atoms with Gasteiger partial charge in [-0.05, 0) is 36.8 Å². The van der Waals surface area contributed by atoms with Gasteiger partial charge in [0.2, 0.25) is 0 Å². The number of para-hydroxylation sites is 1. The van der Waals surface area contributed by atoms with Crippen LogP contribution in [0.3, 0.4) is 0 Å². The van der Waals surface area contributed by atoms with Gasteiger partial charge in [0.1, 0.15) is 17.3 Å². The van der Waals surface area contributed by atoms with E-state index in [0.29, 0.717) is 36.0 Å². The number of aliphatic imine (C=N–C) groups is 1. The third kappa shape index (κ3) is 4.09. The van der Waals surface area contributed by atoms with Crippen molar-refractivity contribution in [2.75, 3.05) is 19.6 Å². The molecule has 4 rings (SSSR count). The molecule has 0 spiro atoms. The number of halogens is 1. The van der Waals surface area contributed by atoms with Gasteiger partial charge in [0.15, 0.2) is 5.75 Å². The van der Waals surface area contributed by atoms with Gasteiger partial charge in [-0.15, -0.1) is 0 Å². The molecule has 1 fully saturated rings. The topological polar surface area (TPSA) is 74.2 Å². The average Bonchev–Trinajstić information content (AvgIpc) is 2.88. The number of piperazine rings is 1. The van der Waals surface area contributed by atoms with Crippen LogP contribution >= 0.6 is 11.6 Å². The summed E-state index contributed by atoms with van der Waals surface area (Å²) in [6, 6.07) is 13.1. The van der Waals surface area contributed by atoms with Gasteiger partial charge in [-0.2, -0.15) is 0 Å². The highest BCUT2D eigenvalue weighted by molar-refractivity contribution is 6.31. The van der Waals surface area contributed by atoms with E-state index in [4.69, 9.17) is 21.3 Å². The van der Waals surface area contributed by atoms with Crippen molar-refractivity contribution in [2.24, 2.45) is 10.9 Å². The second kappa shape index (κ2) is 8.43. The summed E-state index contributed by atoms with van der Waals surface area (Å²) in [6.45, 7) is 4.01. The SMILES string of the molecule is CCCC(C(=O)O)C1CN(C2=Nc3cc(Cl)ccc3Oc3ccccc32)CCN1. The van der Waals surface area contributed by atoms with Crippen molar-refractivity contribution in [2.45, 2.75) is 25.8 Å². The van der Waals surface area contributed by atoms with Crippen molar-refractivity contribution in [3.05, 3.63) is 53.1 Å². The van der Waals surface area contributed by atoms with E-state index in [1.54, 1.807) is 12.1 Å². The molecule has 0 radical (unpaired) electrons. The molecule has 7 heteroatoms. The lowest BCUT2D eigenvalue weighted by atomic mass is 9.93. The number of ether oxygens (including phenoxy) is 1. The van der Waals surface area contributed by atoms with Crippen LogP contribution in [0.4, 0.5) is 5.69 Å². The largest absolute Gasteiger partial charge is 0.481 e. The molecule has 0 saturated carbocycles. The maximum absolute atomic E-state index is 11.8. The van der Waals surface area contributed by atoms with Crippen molar-refractivity contribution >= 4 is 29.1 Å². The number of benzene rings is 2. The maximum atomic E-state index is 11.8. The molecule has 2 aliphatic heterocycles. The molecule has 2 aromatic carbocycles. The first-order valence-electron chi connectivity index (χ1n) is 9.93. The lowest BCUT2D eigenvalue weighted by Crippen LogP contribution is -2.56. The van der Waals surface area contributed by atoms with E-state index in [0.717, 1.165) is 30.1 Å². The van der Waals surface area contributed by atoms with Gasteiger partial charge in [0, 0.05) is 30.7 Å². The highest BCUT2D eigenvalue weighted by atomic mass is 35.5. The molecule has 0 aromatic heterocycles. The van der Waals surface area contributed by atoms with Gasteiger partial charge >= 0.3 is 5.97 Å². The second-order valence-corrected chi connectivity index (χ2v) is 7.82. The Labute approximate surface area is 175 Å². The van der Waals surface area contributed by atoms with Crippen LogP contribution in [0.25, 0.3) is 0 Å². The first kappa shape index (κ1) is 19.7. The standard InChI is InChI=1S/C22H24ClN3O3/c1-2-5-15(22(27)28)18-13-26(11-10-24-18)21-16-6-3-4-7-19(16)29-20-9-8-14(23)12-17(20)25-21/h3-4,6-9,12,15,18,24H,2,5,10-11,13H2,1H3,(H,27,28). The molecule has 29 heavy (non-hydrogen) atoms. The van der Waals surface area contributed by atoms with E-state index in [9.17, 15) is 9.90 Å². The van der Waals surface area contributed by atoms with Gasteiger partial charge in [-0.1, -0.05) is 37.1 Å². The molecule has 152 valence electrons. The normalized spacial score (nSPS) is 19.3. The molecule has 0 amide bonds. The van der Waals surface area contributed by atoms with E-state index in [1.807, 2.05) is 37.3 Å². The Morgan fingerprint density at radius 1 is 1.34 bits per heavy atom. The summed E-state index contributed by atoms with van der Waals surface area (Å²) in [5.74, 6) is 0.981. The molecule has 1 saturated heterocycles. The lowest BCUT2D eigenvalue weighted by molar-refractivity contribution is -0.143. The zero-order valence-corrected chi connectivity index (χ0v) is 17.0. The van der Waals surface area contributed by atoms with E-state index in [1.165, 1.54) is 0 Å². The van der Waals surface area contributed by atoms with Gasteiger partial charge in [-0.25, -0.2) is 4.99 Å². The number of aliphatic carboxylic acids is 1. The molecule has 2 unspecified atom stereocenters. The molecule has 2 N–H and O–H groups in total. The fraction of sp³-hybridized carbons (Fsp3) is 0.364. The summed E-state index contributed by atoms with van der Waals surface area (Å²) in [6.07, 6.45) is 1.48. The van der Waals surface area contributed by atoms with Crippen molar-refractivity contribution in [3.8, 4) is 11.5 Å². The van der Waals surface area contributed by atoms with E-state index < -0.39 is 11.9 Å². The number of hydrogen-bond donors (Lipinski definition) is 2. The molecule has 2 aliphatic rings. The van der Waals surface area contributed by atoms with Crippen LogP contribution in [-0.4, -0.2) is 47.5 Å². The Kier molecular flexibility index (Phi) is 5.74. The number of carboxylic acid groups (broad SMARTS) is 1. The Bertz CT molecular complexity index is 947. The van der Waals surface area contributed by atoms with Crippen LogP contribution in [0.2, 0.25) is 5.02 Å². The van der Waals surface area contributed by atoms with Crippen LogP contribution in [0, 0.1) is 5.92 Å². The molecule has 2 aromatic rings. The number of rotatable bonds is 4. The number of fused-ring (bicyclic) bond motifs is 2. The summed E-state index contributed by atoms with van der Waals surface area (Å²) in [4.78, 5) is 18.9. The quantitative estimate of drug-likeness (QED) is 0.781. The van der Waals surface area contributed by atoms with Gasteiger partial charge in [-0.3, -0.25) is 4.79 Å². The lowest BCUT2D eigenvalue weighted by Gasteiger charge is -2.38. The molecule has 6 nitrogen and oxygen atoms in total. The minimum Gasteiger partial charge on any atom is -0.481 e. The van der Waals surface area contributed by atoms with Crippen molar-refractivity contribution in [1.29, 1.82) is 0 Å². The van der Waals surface area contributed by atoms with Gasteiger partial charge in [0.05, 0.1) is 11.5 Å². The summed E-state index contributed by atoms with van der Waals surface area (Å²) >= 11 is 6.20. The molecule has 2 heterocycles. The van der Waals surface area contributed by atoms with Crippen molar-refractivity contribution in [1.82, 2.24) is 10.2 Å². The van der Waals surface area contributed by atoms with Crippen molar-refractivity contribution < 1.29 is 14.6 Å². The van der Waals surface area contributed by atoms with Crippen LogP contribution in [0.15, 0.2) is 47.5 Å². The number of nitrogens with zero attached hydrogens (tertiary/aromatic N) is 2. The third-order valence-electron chi connectivity index (χ3n) is 5.40. The Morgan fingerprint density at radius 3 is 2.97 bits per heavy atom. The number of hydrogen-bond acceptors (Lipinski definition) is 5. The van der Waals surface area contributed by atoms with E-state index in [2.05, 4.69) is 10.2 Å². The first-order valence-corrected chi connectivity index (χ1v) is 10.3. The number of nitrogens with one attached hydrogen (secondary N) is 1. The minimum absolute atomic E-state index is 0.140. The predicted octanol–water partition coefficient (Wildman–Crippen LogP) is 4.30. The average molecular weight is 414 g/mol. The highest BCUT2D eigenvalue weighted by Gasteiger charge is 2.33. The summed E-state index contributed by atoms with van der Waals surface area (Å²) in [7, 11) is 0. The Hall–Kier alpha value is -2.57. The summed E-state index contributed by atoms with van der Waals surface area (Å²) in [5, 5.41) is 13.7. The number of amidine groups is 1. The summed E-state index contributed by atoms with van der Waals surface area (Å²) < 4.78 is 6.12. The van der Waals surface area contributed by atoms with Crippen LogP contribution in [0.1, 0.15) is 25.3 Å². The highest BCUT2D eigenvalue weighted by Crippen LogP contribution is 2.39.